The highest BCUT2D eigenvalue weighted by Crippen LogP contribution is 2.19. The molecule has 112 valence electrons. The van der Waals surface area contributed by atoms with Crippen LogP contribution in [0.15, 0.2) is 16.5 Å². The number of hydrogen-bond donors (Lipinski definition) is 1. The number of piperidine rings is 1. The molecule has 0 aliphatic carbocycles. The molecule has 1 N–H and O–H groups in total. The summed E-state index contributed by atoms with van der Waals surface area (Å²) in [6, 6.07) is 4.46. The van der Waals surface area contributed by atoms with Gasteiger partial charge < -0.3 is 14.6 Å². The summed E-state index contributed by atoms with van der Waals surface area (Å²) in [5.74, 6) is 2.78. The van der Waals surface area contributed by atoms with Gasteiger partial charge in [0.2, 0.25) is 5.91 Å². The topological polar surface area (TPSA) is 45.5 Å². The maximum absolute atomic E-state index is 12.0. The number of rotatable bonds is 4. The summed E-state index contributed by atoms with van der Waals surface area (Å²) in [5, 5.41) is 3.56. The Kier molecular flexibility index (Phi) is 4.86. The summed E-state index contributed by atoms with van der Waals surface area (Å²) >= 11 is 0. The van der Waals surface area contributed by atoms with Crippen LogP contribution in [0.1, 0.15) is 38.7 Å². The highest BCUT2D eigenvalue weighted by atomic mass is 16.3. The Balaban J connectivity index is 1.82. The average Bonchev–Trinajstić information content (AvgIpc) is 2.82. The SMILES string of the molecule is Cc1ccc(CN[C@@H]2CCN(C(=O)C(C)C)C[C@H]2C)o1. The molecule has 4 nitrogen and oxygen atoms in total. The molecule has 0 aromatic carbocycles. The third-order valence-corrected chi connectivity index (χ3v) is 4.05. The summed E-state index contributed by atoms with van der Waals surface area (Å²) in [7, 11) is 0. The molecule has 1 amide bonds. The van der Waals surface area contributed by atoms with Crippen molar-refractivity contribution in [1.29, 1.82) is 0 Å². The normalized spacial score (nSPS) is 23.4. The Bertz CT molecular complexity index is 453. The Labute approximate surface area is 121 Å². The second-order valence-electron chi connectivity index (χ2n) is 6.20. The standard InChI is InChI=1S/C16H26N2O2/c1-11(2)16(19)18-8-7-15(12(3)10-18)17-9-14-6-5-13(4)20-14/h5-6,11-12,15,17H,7-10H2,1-4H3/t12-,15-/m1/s1. The predicted molar refractivity (Wildman–Crippen MR) is 79.3 cm³/mol. The fourth-order valence-corrected chi connectivity index (χ4v) is 2.83. The van der Waals surface area contributed by atoms with Gasteiger partial charge in [0.1, 0.15) is 11.5 Å². The van der Waals surface area contributed by atoms with Crippen molar-refractivity contribution in [3.63, 3.8) is 0 Å². The largest absolute Gasteiger partial charge is 0.465 e. The van der Waals surface area contributed by atoms with E-state index in [1.165, 1.54) is 0 Å². The lowest BCUT2D eigenvalue weighted by molar-refractivity contribution is -0.136. The van der Waals surface area contributed by atoms with Gasteiger partial charge in [0.25, 0.3) is 0 Å². The molecule has 1 aliphatic rings. The lowest BCUT2D eigenvalue weighted by Crippen LogP contribution is -2.50. The van der Waals surface area contributed by atoms with Crippen LogP contribution in [0.25, 0.3) is 0 Å². The zero-order chi connectivity index (χ0) is 14.7. The molecular formula is C16H26N2O2. The van der Waals surface area contributed by atoms with Gasteiger partial charge in [0.15, 0.2) is 0 Å². The number of hydrogen-bond acceptors (Lipinski definition) is 3. The Morgan fingerprint density at radius 1 is 1.50 bits per heavy atom. The van der Waals surface area contributed by atoms with Crippen molar-refractivity contribution in [2.45, 2.75) is 46.7 Å². The molecule has 0 unspecified atom stereocenters. The number of amides is 1. The fraction of sp³-hybridized carbons (Fsp3) is 0.688. The van der Waals surface area contributed by atoms with Gasteiger partial charge in [0.05, 0.1) is 6.54 Å². The molecule has 0 spiro atoms. The van der Waals surface area contributed by atoms with Crippen molar-refractivity contribution in [2.75, 3.05) is 13.1 Å². The summed E-state index contributed by atoms with van der Waals surface area (Å²) in [5.41, 5.74) is 0. The van der Waals surface area contributed by atoms with E-state index in [4.69, 9.17) is 4.42 Å². The maximum atomic E-state index is 12.0. The molecule has 0 bridgehead atoms. The fourth-order valence-electron chi connectivity index (χ4n) is 2.83. The van der Waals surface area contributed by atoms with Crippen LogP contribution in [0.5, 0.6) is 0 Å². The van der Waals surface area contributed by atoms with Gasteiger partial charge in [-0.2, -0.15) is 0 Å². The van der Waals surface area contributed by atoms with Crippen molar-refractivity contribution in [3.05, 3.63) is 23.7 Å². The van der Waals surface area contributed by atoms with Crippen molar-refractivity contribution in [1.82, 2.24) is 10.2 Å². The minimum absolute atomic E-state index is 0.0952. The van der Waals surface area contributed by atoms with Gasteiger partial charge in [-0.3, -0.25) is 4.79 Å². The lowest BCUT2D eigenvalue weighted by atomic mass is 9.93. The quantitative estimate of drug-likeness (QED) is 0.920. The van der Waals surface area contributed by atoms with Crippen LogP contribution in [0.4, 0.5) is 0 Å². The number of likely N-dealkylation sites (tertiary alicyclic amines) is 1. The molecule has 1 fully saturated rings. The van der Waals surface area contributed by atoms with E-state index >= 15 is 0 Å². The number of nitrogens with one attached hydrogen (secondary N) is 1. The van der Waals surface area contributed by atoms with Crippen molar-refractivity contribution >= 4 is 5.91 Å². The van der Waals surface area contributed by atoms with Gasteiger partial charge in [-0.05, 0) is 31.4 Å². The monoisotopic (exact) mass is 278 g/mol. The predicted octanol–water partition coefficient (Wildman–Crippen LogP) is 2.57. The lowest BCUT2D eigenvalue weighted by Gasteiger charge is -2.38. The molecule has 0 radical (unpaired) electrons. The van der Waals surface area contributed by atoms with E-state index in [9.17, 15) is 4.79 Å². The average molecular weight is 278 g/mol. The van der Waals surface area contributed by atoms with Gasteiger partial charge in [0, 0.05) is 25.0 Å². The molecule has 0 saturated carbocycles. The van der Waals surface area contributed by atoms with Crippen LogP contribution in [-0.4, -0.2) is 29.9 Å². The summed E-state index contributed by atoms with van der Waals surface area (Å²) in [6.45, 7) is 10.6. The minimum atomic E-state index is 0.0952. The summed E-state index contributed by atoms with van der Waals surface area (Å²) < 4.78 is 5.57. The molecular weight excluding hydrogens is 252 g/mol. The van der Waals surface area contributed by atoms with Gasteiger partial charge in [-0.1, -0.05) is 20.8 Å². The molecule has 1 aliphatic heterocycles. The molecule has 20 heavy (non-hydrogen) atoms. The molecule has 2 rings (SSSR count). The van der Waals surface area contributed by atoms with Crippen LogP contribution in [0.3, 0.4) is 0 Å². The van der Waals surface area contributed by atoms with E-state index in [1.807, 2.05) is 37.8 Å². The van der Waals surface area contributed by atoms with Crippen LogP contribution in [0.2, 0.25) is 0 Å². The second kappa shape index (κ2) is 6.44. The van der Waals surface area contributed by atoms with E-state index in [2.05, 4.69) is 12.2 Å². The van der Waals surface area contributed by atoms with E-state index in [-0.39, 0.29) is 11.8 Å². The first-order valence-corrected chi connectivity index (χ1v) is 7.55. The second-order valence-corrected chi connectivity index (χ2v) is 6.20. The zero-order valence-corrected chi connectivity index (χ0v) is 13.0. The van der Waals surface area contributed by atoms with Crippen LogP contribution < -0.4 is 5.32 Å². The maximum Gasteiger partial charge on any atom is 0.225 e. The van der Waals surface area contributed by atoms with E-state index in [0.717, 1.165) is 37.6 Å². The minimum Gasteiger partial charge on any atom is -0.465 e. The Hall–Kier alpha value is -1.29. The van der Waals surface area contributed by atoms with Crippen LogP contribution in [-0.2, 0) is 11.3 Å². The van der Waals surface area contributed by atoms with Crippen molar-refractivity contribution in [3.8, 4) is 0 Å². The molecule has 2 atom stereocenters. The Morgan fingerprint density at radius 2 is 2.25 bits per heavy atom. The highest BCUT2D eigenvalue weighted by molar-refractivity contribution is 5.78. The molecule has 1 aromatic heterocycles. The molecule has 2 heterocycles. The number of aryl methyl sites for hydroxylation is 1. The van der Waals surface area contributed by atoms with E-state index < -0.39 is 0 Å². The highest BCUT2D eigenvalue weighted by Gasteiger charge is 2.29. The smallest absolute Gasteiger partial charge is 0.225 e. The van der Waals surface area contributed by atoms with Crippen LogP contribution in [0, 0.1) is 18.8 Å². The van der Waals surface area contributed by atoms with Crippen LogP contribution >= 0.6 is 0 Å². The molecule has 4 heteroatoms. The third-order valence-electron chi connectivity index (χ3n) is 4.05. The number of nitrogens with zero attached hydrogens (tertiary/aromatic N) is 1. The summed E-state index contributed by atoms with van der Waals surface area (Å²) in [4.78, 5) is 14.0. The van der Waals surface area contributed by atoms with Gasteiger partial charge >= 0.3 is 0 Å². The third kappa shape index (κ3) is 3.63. The van der Waals surface area contributed by atoms with Gasteiger partial charge in [-0.25, -0.2) is 0 Å². The van der Waals surface area contributed by atoms with Crippen molar-refractivity contribution < 1.29 is 9.21 Å². The van der Waals surface area contributed by atoms with E-state index in [0.29, 0.717) is 12.0 Å². The Morgan fingerprint density at radius 3 is 2.80 bits per heavy atom. The first-order chi connectivity index (χ1) is 9.47. The zero-order valence-electron chi connectivity index (χ0n) is 13.0. The van der Waals surface area contributed by atoms with E-state index in [1.54, 1.807) is 0 Å². The first kappa shape index (κ1) is 15.1. The molecule has 1 saturated heterocycles. The number of carbonyl (C=O) groups excluding carboxylic acids is 1. The summed E-state index contributed by atoms with van der Waals surface area (Å²) in [6.07, 6.45) is 1.01. The molecule has 1 aromatic rings. The number of furan rings is 1. The van der Waals surface area contributed by atoms with Crippen molar-refractivity contribution in [2.24, 2.45) is 11.8 Å². The number of carbonyl (C=O) groups is 1. The van der Waals surface area contributed by atoms with Gasteiger partial charge in [-0.15, -0.1) is 0 Å². The first-order valence-electron chi connectivity index (χ1n) is 7.55.